The van der Waals surface area contributed by atoms with E-state index in [0.717, 1.165) is 0 Å². The summed E-state index contributed by atoms with van der Waals surface area (Å²) in [6.07, 6.45) is 1.32. The number of aromatic amines is 1. The van der Waals surface area contributed by atoms with Crippen LogP contribution in [-0.2, 0) is 0 Å². The third-order valence-corrected chi connectivity index (χ3v) is 1.62. The number of aromatic nitrogens is 4. The number of H-pyrrole nitrogens is 1. The Hall–Kier alpha value is -2.60. The number of nitrogens with one attached hydrogen (secondary N) is 1. The lowest BCUT2D eigenvalue weighted by Crippen LogP contribution is -1.92. The second-order valence-corrected chi connectivity index (χ2v) is 2.42. The molecule has 0 aliphatic rings. The quantitative estimate of drug-likeness (QED) is 0.552. The van der Waals surface area contributed by atoms with E-state index in [-0.39, 0.29) is 0 Å². The van der Waals surface area contributed by atoms with Crippen molar-refractivity contribution >= 4 is 16.9 Å². The van der Waals surface area contributed by atoms with E-state index in [1.807, 2.05) is 0 Å². The highest BCUT2D eigenvalue weighted by atomic mass is 15.2. The molecule has 0 saturated carbocycles. The number of nitrogens with two attached hydrogens (primary N) is 1. The van der Waals surface area contributed by atoms with Crippen molar-refractivity contribution in [3.8, 4) is 17.9 Å². The number of fused-ring (bicyclic) bond motifs is 1. The van der Waals surface area contributed by atoms with Gasteiger partial charge in [-0.05, 0) is 5.92 Å². The number of rotatable bonds is 0. The molecule has 0 spiro atoms. The molecular weight excluding hydrogens is 180 g/mol. The topological polar surface area (TPSA) is 104 Å². The first kappa shape index (κ1) is 8.02. The zero-order valence-corrected chi connectivity index (χ0v) is 6.94. The Balaban J connectivity index is 2.75. The lowest BCUT2D eigenvalue weighted by Gasteiger charge is -1.91. The molecule has 0 aromatic carbocycles. The predicted molar refractivity (Wildman–Crippen MR) is 48.6 cm³/mol. The normalized spacial score (nSPS) is 9.07. The highest BCUT2D eigenvalue weighted by molar-refractivity contribution is 5.89. The van der Waals surface area contributed by atoms with Crippen molar-refractivity contribution in [2.24, 2.45) is 0 Å². The second kappa shape index (κ2) is 3.04. The molecule has 2 aromatic rings. The van der Waals surface area contributed by atoms with Gasteiger partial charge in [-0.2, -0.15) is 10.4 Å². The van der Waals surface area contributed by atoms with E-state index >= 15 is 0 Å². The Morgan fingerprint density at radius 1 is 1.43 bits per heavy atom. The van der Waals surface area contributed by atoms with Crippen molar-refractivity contribution in [3.05, 3.63) is 12.0 Å². The van der Waals surface area contributed by atoms with Crippen LogP contribution in [0.25, 0.3) is 11.0 Å². The lowest BCUT2D eigenvalue weighted by atomic mass is 10.3. The van der Waals surface area contributed by atoms with Gasteiger partial charge in [-0.3, -0.25) is 5.10 Å². The molecule has 6 nitrogen and oxygen atoms in total. The molecule has 0 aliphatic heterocycles. The molecular formula is C8H4N6. The van der Waals surface area contributed by atoms with Crippen LogP contribution in [0, 0.1) is 23.2 Å². The molecule has 14 heavy (non-hydrogen) atoms. The van der Waals surface area contributed by atoms with Crippen LogP contribution in [-0.4, -0.2) is 20.2 Å². The van der Waals surface area contributed by atoms with Crippen molar-refractivity contribution in [2.45, 2.75) is 0 Å². The Labute approximate surface area is 78.8 Å². The van der Waals surface area contributed by atoms with Crippen LogP contribution < -0.4 is 5.73 Å². The van der Waals surface area contributed by atoms with E-state index in [4.69, 9.17) is 11.0 Å². The van der Waals surface area contributed by atoms with E-state index in [9.17, 15) is 0 Å². The standard InChI is InChI=1S/C8H4N6/c9-3-1-2-5-6-7(10)11-4-12-8(6)14-13-5/h4H,(H3,10,11,12,13,14). The Bertz CT molecular complexity index is 579. The minimum Gasteiger partial charge on any atom is -0.383 e. The monoisotopic (exact) mass is 184 g/mol. The predicted octanol–water partition coefficient (Wildman–Crippen LogP) is -0.190. The molecule has 2 aromatic heterocycles. The zero-order chi connectivity index (χ0) is 9.97. The van der Waals surface area contributed by atoms with Crippen LogP contribution in [0.3, 0.4) is 0 Å². The van der Waals surface area contributed by atoms with Crippen LogP contribution in [0.4, 0.5) is 5.82 Å². The Kier molecular flexibility index (Phi) is 1.74. The highest BCUT2D eigenvalue weighted by Gasteiger charge is 2.07. The van der Waals surface area contributed by atoms with E-state index in [1.165, 1.54) is 6.33 Å². The minimum absolute atomic E-state index is 0.297. The maximum Gasteiger partial charge on any atom is 0.187 e. The number of hydrogen-bond donors (Lipinski definition) is 2. The number of nitrogens with zero attached hydrogens (tertiary/aromatic N) is 4. The third kappa shape index (κ3) is 1.11. The van der Waals surface area contributed by atoms with Gasteiger partial charge < -0.3 is 5.73 Å². The van der Waals surface area contributed by atoms with Gasteiger partial charge in [0.15, 0.2) is 11.7 Å². The average molecular weight is 184 g/mol. The summed E-state index contributed by atoms with van der Waals surface area (Å²) in [7, 11) is 0. The molecule has 3 N–H and O–H groups in total. The fourth-order valence-electron chi connectivity index (χ4n) is 1.06. The number of nitrogen functional groups attached to an aromatic ring is 1. The van der Waals surface area contributed by atoms with Gasteiger partial charge >= 0.3 is 0 Å². The molecule has 0 unspecified atom stereocenters. The number of nitriles is 1. The summed E-state index contributed by atoms with van der Waals surface area (Å²) < 4.78 is 0. The van der Waals surface area contributed by atoms with Crippen molar-refractivity contribution in [1.82, 2.24) is 20.2 Å². The van der Waals surface area contributed by atoms with Crippen LogP contribution >= 0.6 is 0 Å². The molecule has 0 fully saturated rings. The summed E-state index contributed by atoms with van der Waals surface area (Å²) in [6.45, 7) is 0. The van der Waals surface area contributed by atoms with E-state index in [2.05, 4.69) is 32.0 Å². The fourth-order valence-corrected chi connectivity index (χ4v) is 1.06. The fraction of sp³-hybridized carbons (Fsp3) is 0. The second-order valence-electron chi connectivity index (χ2n) is 2.42. The molecule has 0 atom stereocenters. The van der Waals surface area contributed by atoms with Crippen LogP contribution in [0.5, 0.6) is 0 Å². The smallest absolute Gasteiger partial charge is 0.187 e. The van der Waals surface area contributed by atoms with Gasteiger partial charge in [0.05, 0.1) is 5.39 Å². The first-order chi connectivity index (χ1) is 6.83. The Morgan fingerprint density at radius 3 is 3.07 bits per heavy atom. The molecule has 66 valence electrons. The molecule has 6 heteroatoms. The average Bonchev–Trinajstić information content (AvgIpc) is 2.59. The lowest BCUT2D eigenvalue weighted by molar-refractivity contribution is 1.08. The van der Waals surface area contributed by atoms with Crippen molar-refractivity contribution in [1.29, 1.82) is 5.26 Å². The van der Waals surface area contributed by atoms with Gasteiger partial charge in [0, 0.05) is 5.92 Å². The SMILES string of the molecule is N#CC#Cc1[nH]nc2ncnc(N)c12. The first-order valence-corrected chi connectivity index (χ1v) is 3.67. The van der Waals surface area contributed by atoms with Gasteiger partial charge in [-0.1, -0.05) is 0 Å². The molecule has 2 rings (SSSR count). The van der Waals surface area contributed by atoms with Crippen LogP contribution in [0.15, 0.2) is 6.33 Å². The van der Waals surface area contributed by atoms with Crippen molar-refractivity contribution in [3.63, 3.8) is 0 Å². The van der Waals surface area contributed by atoms with Crippen LogP contribution in [0.1, 0.15) is 5.69 Å². The highest BCUT2D eigenvalue weighted by Crippen LogP contribution is 2.17. The van der Waals surface area contributed by atoms with E-state index < -0.39 is 0 Å². The van der Waals surface area contributed by atoms with Crippen molar-refractivity contribution < 1.29 is 0 Å². The maximum atomic E-state index is 8.29. The summed E-state index contributed by atoms with van der Waals surface area (Å²) in [5.41, 5.74) is 6.51. The molecule has 0 bridgehead atoms. The molecule has 0 aliphatic carbocycles. The van der Waals surface area contributed by atoms with Gasteiger partial charge in [0.1, 0.15) is 17.8 Å². The minimum atomic E-state index is 0.297. The largest absolute Gasteiger partial charge is 0.383 e. The van der Waals surface area contributed by atoms with Gasteiger partial charge in [0.25, 0.3) is 0 Å². The number of anilines is 1. The summed E-state index contributed by atoms with van der Waals surface area (Å²) >= 11 is 0. The molecule has 0 amide bonds. The Morgan fingerprint density at radius 2 is 2.29 bits per heavy atom. The van der Waals surface area contributed by atoms with Gasteiger partial charge in [0.2, 0.25) is 0 Å². The molecule has 2 heterocycles. The first-order valence-electron chi connectivity index (χ1n) is 3.67. The third-order valence-electron chi connectivity index (χ3n) is 1.62. The van der Waals surface area contributed by atoms with Crippen molar-refractivity contribution in [2.75, 3.05) is 5.73 Å². The molecule has 0 radical (unpaired) electrons. The van der Waals surface area contributed by atoms with Gasteiger partial charge in [-0.25, -0.2) is 9.97 Å². The van der Waals surface area contributed by atoms with Gasteiger partial charge in [-0.15, -0.1) is 0 Å². The summed E-state index contributed by atoms with van der Waals surface area (Å²) in [5, 5.41) is 15.3. The van der Waals surface area contributed by atoms with Crippen LogP contribution in [0.2, 0.25) is 0 Å². The van der Waals surface area contributed by atoms with E-state index in [0.29, 0.717) is 22.5 Å². The summed E-state index contributed by atoms with van der Waals surface area (Å²) in [6, 6.07) is 1.70. The summed E-state index contributed by atoms with van der Waals surface area (Å²) in [4.78, 5) is 7.69. The molecule has 0 saturated heterocycles. The number of hydrogen-bond acceptors (Lipinski definition) is 5. The zero-order valence-electron chi connectivity index (χ0n) is 6.94. The maximum absolute atomic E-state index is 8.29. The summed E-state index contributed by atoms with van der Waals surface area (Å²) in [5.74, 6) is 5.11. The van der Waals surface area contributed by atoms with E-state index in [1.54, 1.807) is 6.07 Å².